The molecule has 0 bridgehead atoms. The molecule has 0 aliphatic carbocycles. The van der Waals surface area contributed by atoms with Gasteiger partial charge >= 0.3 is 19.6 Å². The molecule has 17 nitrogen and oxygen atoms in total. The number of fused-ring (bicyclic) bond motifs is 1. The second kappa shape index (κ2) is 17.1. The lowest BCUT2D eigenvalue weighted by molar-refractivity contribution is -0.146. The SMILES string of the molecule is CCCOc1nc(N)nc2c1ncn2C1O[C@H](COP(=O)(N[C@@H](CC(C)C)C(=O)OCC)N[C@@H](CC(C)C)C(=O)OCC)[C@H](O)C1(C)O. The van der Waals surface area contributed by atoms with Crippen LogP contribution in [0.5, 0.6) is 5.88 Å². The highest BCUT2D eigenvalue weighted by Crippen LogP contribution is 2.45. The Bertz CT molecular complexity index is 1380. The molecule has 2 aromatic heterocycles. The maximum absolute atomic E-state index is 14.6. The van der Waals surface area contributed by atoms with Gasteiger partial charge in [-0.15, -0.1) is 0 Å². The third-order valence-corrected chi connectivity index (χ3v) is 9.30. The Morgan fingerprint density at radius 3 is 2.12 bits per heavy atom. The molecule has 18 heteroatoms. The van der Waals surface area contributed by atoms with Crippen LogP contribution in [-0.2, 0) is 32.9 Å². The van der Waals surface area contributed by atoms with Crippen LogP contribution in [0.15, 0.2) is 6.33 Å². The smallest absolute Gasteiger partial charge is 0.342 e. The number of nitrogens with one attached hydrogen (secondary N) is 2. The van der Waals surface area contributed by atoms with Crippen LogP contribution >= 0.6 is 7.67 Å². The molecule has 3 rings (SSSR count). The number of hydrogen-bond donors (Lipinski definition) is 5. The summed E-state index contributed by atoms with van der Waals surface area (Å²) in [7, 11) is -4.31. The minimum atomic E-state index is -4.31. The van der Waals surface area contributed by atoms with Gasteiger partial charge in [-0.25, -0.2) is 15.2 Å². The maximum Gasteiger partial charge on any atom is 0.342 e. The van der Waals surface area contributed by atoms with Crippen molar-refractivity contribution in [1.29, 1.82) is 0 Å². The molecular weight excluding hydrogens is 649 g/mol. The van der Waals surface area contributed by atoms with E-state index in [9.17, 15) is 24.4 Å². The monoisotopic (exact) mass is 701 g/mol. The summed E-state index contributed by atoms with van der Waals surface area (Å²) in [4.78, 5) is 38.6. The van der Waals surface area contributed by atoms with Crippen LogP contribution in [0, 0.1) is 11.8 Å². The predicted molar refractivity (Wildman–Crippen MR) is 176 cm³/mol. The van der Waals surface area contributed by atoms with E-state index in [2.05, 4.69) is 25.1 Å². The van der Waals surface area contributed by atoms with Gasteiger partial charge in [-0.1, -0.05) is 34.6 Å². The Labute approximate surface area is 281 Å². The Morgan fingerprint density at radius 2 is 1.62 bits per heavy atom. The zero-order chi connectivity index (χ0) is 35.8. The quantitative estimate of drug-likeness (QED) is 0.105. The van der Waals surface area contributed by atoms with E-state index in [0.717, 1.165) is 0 Å². The Morgan fingerprint density at radius 1 is 1.06 bits per heavy atom. The molecule has 2 unspecified atom stereocenters. The molecule has 272 valence electrons. The average Bonchev–Trinajstić information content (AvgIpc) is 3.51. The Hall–Kier alpha value is -2.92. The van der Waals surface area contributed by atoms with Gasteiger partial charge in [-0.2, -0.15) is 9.97 Å². The summed E-state index contributed by atoms with van der Waals surface area (Å²) in [6, 6.07) is -2.14. The number of aromatic nitrogens is 4. The van der Waals surface area contributed by atoms with Gasteiger partial charge in [0.1, 0.15) is 29.9 Å². The number of imidazole rings is 1. The van der Waals surface area contributed by atoms with Crippen molar-refractivity contribution >= 4 is 36.7 Å². The van der Waals surface area contributed by atoms with E-state index in [0.29, 0.717) is 13.0 Å². The normalized spacial score (nSPS) is 22.7. The van der Waals surface area contributed by atoms with E-state index in [4.69, 9.17) is 29.2 Å². The van der Waals surface area contributed by atoms with Gasteiger partial charge in [0.25, 0.3) is 0 Å². The molecule has 1 aliphatic heterocycles. The van der Waals surface area contributed by atoms with Gasteiger partial charge in [0, 0.05) is 0 Å². The van der Waals surface area contributed by atoms with Gasteiger partial charge in [0.2, 0.25) is 11.8 Å². The van der Waals surface area contributed by atoms with Crippen molar-refractivity contribution < 1.29 is 47.8 Å². The number of nitrogens with zero attached hydrogens (tertiary/aromatic N) is 4. The van der Waals surface area contributed by atoms with Crippen molar-refractivity contribution in [2.75, 3.05) is 32.2 Å². The van der Waals surface area contributed by atoms with Crippen LogP contribution in [0.25, 0.3) is 11.2 Å². The number of carbonyl (C=O) groups is 2. The van der Waals surface area contributed by atoms with Crippen molar-refractivity contribution in [1.82, 2.24) is 29.7 Å². The van der Waals surface area contributed by atoms with Crippen LogP contribution in [-0.4, -0.2) is 98.0 Å². The van der Waals surface area contributed by atoms with Gasteiger partial charge in [-0.05, 0) is 51.9 Å². The number of rotatable bonds is 19. The number of ether oxygens (including phenoxy) is 4. The first-order chi connectivity index (χ1) is 22.6. The molecule has 3 heterocycles. The number of aliphatic hydroxyl groups excluding tert-OH is 1. The van der Waals surface area contributed by atoms with Crippen LogP contribution in [0.3, 0.4) is 0 Å². The van der Waals surface area contributed by atoms with Gasteiger partial charge < -0.3 is 39.4 Å². The highest BCUT2D eigenvalue weighted by molar-refractivity contribution is 7.54. The molecule has 48 heavy (non-hydrogen) atoms. The highest BCUT2D eigenvalue weighted by atomic mass is 31.2. The number of anilines is 1. The summed E-state index contributed by atoms with van der Waals surface area (Å²) in [6.45, 7) is 14.2. The fraction of sp³-hybridized carbons (Fsp3) is 0.767. The number of esters is 2. The van der Waals surface area contributed by atoms with Crippen LogP contribution < -0.4 is 20.6 Å². The topological polar surface area (TPSA) is 231 Å². The first-order valence-corrected chi connectivity index (χ1v) is 18.0. The molecule has 2 aromatic rings. The number of hydrogen-bond acceptors (Lipinski definition) is 14. The molecule has 0 amide bonds. The zero-order valence-electron chi connectivity index (χ0n) is 29.0. The first-order valence-electron chi connectivity index (χ1n) is 16.4. The molecule has 1 saturated heterocycles. The van der Waals surface area contributed by atoms with E-state index in [1.54, 1.807) is 13.8 Å². The maximum atomic E-state index is 14.6. The van der Waals surface area contributed by atoms with Crippen molar-refractivity contribution in [3.63, 3.8) is 0 Å². The van der Waals surface area contributed by atoms with E-state index >= 15 is 0 Å². The lowest BCUT2D eigenvalue weighted by Crippen LogP contribution is -2.47. The number of carbonyl (C=O) groups excluding carboxylic acids is 2. The van der Waals surface area contributed by atoms with E-state index in [1.165, 1.54) is 17.8 Å². The van der Waals surface area contributed by atoms with Crippen LogP contribution in [0.4, 0.5) is 5.95 Å². The highest BCUT2D eigenvalue weighted by Gasteiger charge is 2.54. The fourth-order valence-electron chi connectivity index (χ4n) is 5.29. The summed E-state index contributed by atoms with van der Waals surface area (Å²) in [5.74, 6) is -1.26. The van der Waals surface area contributed by atoms with Crippen molar-refractivity contribution in [2.24, 2.45) is 11.8 Å². The summed E-state index contributed by atoms with van der Waals surface area (Å²) >= 11 is 0. The third-order valence-electron chi connectivity index (χ3n) is 7.49. The minimum Gasteiger partial charge on any atom is -0.476 e. The summed E-state index contributed by atoms with van der Waals surface area (Å²) in [6.07, 6.45) is -1.51. The molecule has 1 aliphatic rings. The van der Waals surface area contributed by atoms with E-state index in [1.807, 2.05) is 34.6 Å². The fourth-order valence-corrected chi connectivity index (χ4v) is 7.11. The minimum absolute atomic E-state index is 0.0107. The van der Waals surface area contributed by atoms with Crippen molar-refractivity contribution in [2.45, 2.75) is 111 Å². The molecule has 0 radical (unpaired) electrons. The van der Waals surface area contributed by atoms with Gasteiger partial charge in [0.05, 0.1) is 32.8 Å². The molecule has 0 saturated carbocycles. The number of aliphatic hydroxyl groups is 2. The molecule has 6 atom stereocenters. The van der Waals surface area contributed by atoms with Crippen LogP contribution in [0.2, 0.25) is 0 Å². The summed E-state index contributed by atoms with van der Waals surface area (Å²) < 4.78 is 44.1. The van der Waals surface area contributed by atoms with E-state index in [-0.39, 0.29) is 60.9 Å². The van der Waals surface area contributed by atoms with Gasteiger partial charge in [-0.3, -0.25) is 18.7 Å². The third kappa shape index (κ3) is 9.83. The predicted octanol–water partition coefficient (Wildman–Crippen LogP) is 2.47. The summed E-state index contributed by atoms with van der Waals surface area (Å²) in [5, 5.41) is 28.3. The summed E-state index contributed by atoms with van der Waals surface area (Å²) in [5.41, 5.74) is 4.48. The second-order valence-corrected chi connectivity index (χ2v) is 14.6. The van der Waals surface area contributed by atoms with Gasteiger partial charge in [0.15, 0.2) is 17.4 Å². The Balaban J connectivity index is 1.94. The molecule has 6 N–H and O–H groups in total. The second-order valence-electron chi connectivity index (χ2n) is 12.7. The molecule has 0 spiro atoms. The van der Waals surface area contributed by atoms with E-state index < -0.39 is 62.3 Å². The largest absolute Gasteiger partial charge is 0.476 e. The molecular formula is C30H52N7O10P. The average molecular weight is 702 g/mol. The Kier molecular flexibility index (Phi) is 14.1. The number of nitrogens with two attached hydrogens (primary N) is 1. The molecule has 1 fully saturated rings. The van der Waals surface area contributed by atoms with Crippen molar-refractivity contribution in [3.8, 4) is 5.88 Å². The lowest BCUT2D eigenvalue weighted by atomic mass is 9.96. The zero-order valence-corrected chi connectivity index (χ0v) is 29.9. The lowest BCUT2D eigenvalue weighted by Gasteiger charge is -2.30. The van der Waals surface area contributed by atoms with Crippen LogP contribution in [0.1, 0.15) is 80.9 Å². The standard InChI is InChI=1S/C30H52N7O10P/c1-9-12-45-25-22-24(33-29(31)34-25)37(16-32-22)28-30(8,41)23(38)21(47-28)15-46-48(42,35-19(13-17(4)5)26(39)43-10-2)36-20(14-18(6)7)27(40)44-11-3/h16-21,23,28,38,41H,9-15H2,1-8H3,(H2,31,33,34)(H2,35,36,42)/t19-,20-,21+,23-,28?,30?/m0/s1. The first kappa shape index (κ1) is 39.5. The number of nitrogen functional groups attached to an aromatic ring is 1. The molecule has 0 aromatic carbocycles. The van der Waals surface area contributed by atoms with Crippen molar-refractivity contribution in [3.05, 3.63) is 6.33 Å².